The molecular formula is C14H28O10. The van der Waals surface area contributed by atoms with E-state index in [4.69, 9.17) is 38.6 Å². The topological polar surface area (TPSA) is 130 Å². The Morgan fingerprint density at radius 2 is 0.875 bits per heavy atom. The van der Waals surface area contributed by atoms with Gasteiger partial charge in [0.2, 0.25) is 0 Å². The summed E-state index contributed by atoms with van der Waals surface area (Å²) in [5.41, 5.74) is 0. The van der Waals surface area contributed by atoms with Gasteiger partial charge in [-0.2, -0.15) is 0 Å². The van der Waals surface area contributed by atoms with Crippen LogP contribution in [0.2, 0.25) is 0 Å². The number of hydrogen-bond donors (Lipinski definition) is 2. The number of rotatable bonds is 16. The molecule has 0 spiro atoms. The molecule has 0 fully saturated rings. The molecule has 0 amide bonds. The zero-order chi connectivity index (χ0) is 18.5. The van der Waals surface area contributed by atoms with Crippen molar-refractivity contribution >= 4 is 11.9 Å². The van der Waals surface area contributed by atoms with Gasteiger partial charge in [0, 0.05) is 14.2 Å². The summed E-state index contributed by atoms with van der Waals surface area (Å²) in [6.45, 7) is 2.96. The molecule has 24 heavy (non-hydrogen) atoms. The highest BCUT2D eigenvalue weighted by Gasteiger charge is 1.95. The van der Waals surface area contributed by atoms with E-state index in [9.17, 15) is 9.59 Å². The number of carboxylic acids is 2. The molecule has 0 aromatic heterocycles. The van der Waals surface area contributed by atoms with Crippen molar-refractivity contribution in [3.63, 3.8) is 0 Å². The molecular weight excluding hydrogens is 328 g/mol. The molecule has 0 aliphatic carbocycles. The van der Waals surface area contributed by atoms with E-state index in [1.165, 1.54) is 0 Å². The van der Waals surface area contributed by atoms with Crippen molar-refractivity contribution in [1.29, 1.82) is 0 Å². The quantitative estimate of drug-likeness (QED) is 0.349. The van der Waals surface area contributed by atoms with Crippen LogP contribution >= 0.6 is 0 Å². The first-order valence-electron chi connectivity index (χ1n) is 7.27. The third kappa shape index (κ3) is 28.8. The summed E-state index contributed by atoms with van der Waals surface area (Å²) in [6, 6.07) is 0. The highest BCUT2D eigenvalue weighted by Crippen LogP contribution is 1.80. The van der Waals surface area contributed by atoms with Crippen LogP contribution in [0.25, 0.3) is 0 Å². The predicted octanol–water partition coefficient (Wildman–Crippen LogP) is -0.499. The summed E-state index contributed by atoms with van der Waals surface area (Å²) >= 11 is 0. The Bertz CT molecular complexity index is 257. The second-order valence-electron chi connectivity index (χ2n) is 4.10. The van der Waals surface area contributed by atoms with E-state index in [1.54, 1.807) is 14.2 Å². The average Bonchev–Trinajstić information content (AvgIpc) is 2.53. The summed E-state index contributed by atoms with van der Waals surface area (Å²) < 4.78 is 28.9. The summed E-state index contributed by atoms with van der Waals surface area (Å²) in [6.07, 6.45) is 0. The fourth-order valence-electron chi connectivity index (χ4n) is 1.04. The van der Waals surface area contributed by atoms with Gasteiger partial charge in [0.1, 0.15) is 13.2 Å². The number of ether oxygens (including phenoxy) is 6. The van der Waals surface area contributed by atoms with Crippen molar-refractivity contribution in [2.75, 3.05) is 80.3 Å². The summed E-state index contributed by atoms with van der Waals surface area (Å²) in [4.78, 5) is 19.9. The smallest absolute Gasteiger partial charge is 0.329 e. The van der Waals surface area contributed by atoms with Gasteiger partial charge in [0.25, 0.3) is 0 Å². The van der Waals surface area contributed by atoms with Crippen LogP contribution in [0.4, 0.5) is 0 Å². The van der Waals surface area contributed by atoms with Gasteiger partial charge in [-0.05, 0) is 0 Å². The van der Waals surface area contributed by atoms with Crippen molar-refractivity contribution in [3.05, 3.63) is 0 Å². The van der Waals surface area contributed by atoms with Crippen LogP contribution in [0.3, 0.4) is 0 Å². The number of carboxylic acid groups (broad SMARTS) is 2. The summed E-state index contributed by atoms with van der Waals surface area (Å²) in [7, 11) is 3.18. The van der Waals surface area contributed by atoms with E-state index < -0.39 is 11.9 Å². The van der Waals surface area contributed by atoms with Gasteiger partial charge in [-0.1, -0.05) is 0 Å². The molecule has 10 heteroatoms. The molecule has 0 radical (unpaired) electrons. The lowest BCUT2D eigenvalue weighted by Crippen LogP contribution is -2.12. The molecule has 0 unspecified atom stereocenters. The van der Waals surface area contributed by atoms with E-state index in [2.05, 4.69) is 0 Å². The van der Waals surface area contributed by atoms with Gasteiger partial charge >= 0.3 is 11.9 Å². The van der Waals surface area contributed by atoms with Crippen LogP contribution in [0.5, 0.6) is 0 Å². The second-order valence-corrected chi connectivity index (χ2v) is 4.10. The monoisotopic (exact) mass is 356 g/mol. The lowest BCUT2D eigenvalue weighted by Gasteiger charge is -2.02. The van der Waals surface area contributed by atoms with Crippen molar-refractivity contribution in [2.45, 2.75) is 0 Å². The molecule has 10 nitrogen and oxygen atoms in total. The SMILES string of the molecule is COCCOCCOCC(=O)O.COCCOCCOCC(=O)O. The van der Waals surface area contributed by atoms with E-state index in [1.807, 2.05) is 0 Å². The van der Waals surface area contributed by atoms with Crippen LogP contribution in [-0.4, -0.2) is 102 Å². The van der Waals surface area contributed by atoms with Crippen molar-refractivity contribution in [1.82, 2.24) is 0 Å². The standard InChI is InChI=1S/2C7H14O5/c2*1-10-2-3-11-4-5-12-6-7(8)9/h2*2-6H2,1H3,(H,8,9). The molecule has 0 atom stereocenters. The maximum atomic E-state index is 9.95. The Hall–Kier alpha value is -1.30. The first-order chi connectivity index (χ1) is 11.5. The maximum absolute atomic E-state index is 9.95. The molecule has 0 aromatic carbocycles. The fourth-order valence-corrected chi connectivity index (χ4v) is 1.04. The minimum absolute atomic E-state index is 0.270. The number of carbonyl (C=O) groups is 2. The summed E-state index contributed by atoms with van der Waals surface area (Å²) in [5, 5.41) is 16.3. The average molecular weight is 356 g/mol. The number of aliphatic carboxylic acids is 2. The number of methoxy groups -OCH3 is 2. The second kappa shape index (κ2) is 21.7. The van der Waals surface area contributed by atoms with Gasteiger partial charge < -0.3 is 38.6 Å². The zero-order valence-electron chi connectivity index (χ0n) is 14.2. The van der Waals surface area contributed by atoms with Crippen LogP contribution < -0.4 is 0 Å². The van der Waals surface area contributed by atoms with Crippen LogP contribution in [0.1, 0.15) is 0 Å². The molecule has 144 valence electrons. The van der Waals surface area contributed by atoms with Gasteiger partial charge in [-0.15, -0.1) is 0 Å². The van der Waals surface area contributed by atoms with Crippen LogP contribution in [0.15, 0.2) is 0 Å². The first kappa shape index (κ1) is 24.9. The van der Waals surface area contributed by atoms with Gasteiger partial charge in [0.05, 0.1) is 52.9 Å². The highest BCUT2D eigenvalue weighted by molar-refractivity contribution is 5.68. The number of hydrogen-bond acceptors (Lipinski definition) is 8. The van der Waals surface area contributed by atoms with Gasteiger partial charge in [-0.3, -0.25) is 0 Å². The largest absolute Gasteiger partial charge is 0.480 e. The Labute approximate surface area is 141 Å². The molecule has 0 aliphatic heterocycles. The first-order valence-corrected chi connectivity index (χ1v) is 7.27. The molecule has 0 saturated heterocycles. The molecule has 0 aromatic rings. The maximum Gasteiger partial charge on any atom is 0.329 e. The van der Waals surface area contributed by atoms with Gasteiger partial charge in [0.15, 0.2) is 0 Å². The third-order valence-corrected chi connectivity index (χ3v) is 2.06. The third-order valence-electron chi connectivity index (χ3n) is 2.06. The summed E-state index contributed by atoms with van der Waals surface area (Å²) in [5.74, 6) is -1.93. The lowest BCUT2D eigenvalue weighted by atomic mass is 10.7. The molecule has 0 saturated carbocycles. The molecule has 0 bridgehead atoms. The van der Waals surface area contributed by atoms with Crippen LogP contribution in [0, 0.1) is 0 Å². The molecule has 0 aliphatic rings. The van der Waals surface area contributed by atoms with Gasteiger partial charge in [-0.25, -0.2) is 9.59 Å². The zero-order valence-corrected chi connectivity index (χ0v) is 14.2. The van der Waals surface area contributed by atoms with Crippen molar-refractivity contribution in [2.24, 2.45) is 0 Å². The molecule has 0 heterocycles. The Kier molecular flexibility index (Phi) is 22.6. The predicted molar refractivity (Wildman–Crippen MR) is 82.3 cm³/mol. The highest BCUT2D eigenvalue weighted by atomic mass is 16.6. The fraction of sp³-hybridized carbons (Fsp3) is 0.857. The van der Waals surface area contributed by atoms with E-state index in [-0.39, 0.29) is 13.2 Å². The normalized spacial score (nSPS) is 10.1. The van der Waals surface area contributed by atoms with E-state index in [0.717, 1.165) is 0 Å². The van der Waals surface area contributed by atoms with E-state index in [0.29, 0.717) is 52.9 Å². The Morgan fingerprint density at radius 3 is 1.17 bits per heavy atom. The van der Waals surface area contributed by atoms with Crippen molar-refractivity contribution in [3.8, 4) is 0 Å². The van der Waals surface area contributed by atoms with Crippen molar-refractivity contribution < 1.29 is 48.2 Å². The molecule has 0 rings (SSSR count). The Balaban J connectivity index is 0. The minimum Gasteiger partial charge on any atom is -0.480 e. The lowest BCUT2D eigenvalue weighted by molar-refractivity contribution is -0.143. The molecule has 2 N–H and O–H groups in total. The van der Waals surface area contributed by atoms with E-state index >= 15 is 0 Å². The van der Waals surface area contributed by atoms with Crippen LogP contribution in [-0.2, 0) is 38.0 Å². The minimum atomic E-state index is -0.966. The Morgan fingerprint density at radius 1 is 0.583 bits per heavy atom.